The summed E-state index contributed by atoms with van der Waals surface area (Å²) in [5.74, 6) is 0.0979. The van der Waals surface area contributed by atoms with E-state index in [4.69, 9.17) is 9.47 Å². The number of rotatable bonds is 8. The first kappa shape index (κ1) is 13.9. The summed E-state index contributed by atoms with van der Waals surface area (Å²) in [6, 6.07) is 9.69. The van der Waals surface area contributed by atoms with Crippen LogP contribution in [0.4, 0.5) is 0 Å². The van der Waals surface area contributed by atoms with Gasteiger partial charge in [-0.3, -0.25) is 4.79 Å². The molecule has 1 aromatic carbocycles. The summed E-state index contributed by atoms with van der Waals surface area (Å²) in [5, 5.41) is 0. The average Bonchev–Trinajstić information content (AvgIpc) is 2.29. The van der Waals surface area contributed by atoms with Crippen molar-refractivity contribution in [3.63, 3.8) is 0 Å². The summed E-state index contributed by atoms with van der Waals surface area (Å²) in [6.45, 7) is 5.12. The predicted molar refractivity (Wildman–Crippen MR) is 67.1 cm³/mol. The molecule has 0 aliphatic rings. The molecule has 0 aromatic heterocycles. The molecule has 0 unspecified atom stereocenters. The van der Waals surface area contributed by atoms with Crippen LogP contribution in [0.2, 0.25) is 0 Å². The van der Waals surface area contributed by atoms with E-state index in [-0.39, 0.29) is 18.5 Å². The lowest BCUT2D eigenvalue weighted by Gasteiger charge is -2.07. The Balaban J connectivity index is 2.10. The third kappa shape index (κ3) is 6.87. The quantitative estimate of drug-likeness (QED) is 0.649. The van der Waals surface area contributed by atoms with Crippen molar-refractivity contribution < 1.29 is 14.3 Å². The predicted octanol–water partition coefficient (Wildman–Crippen LogP) is 2.24. The van der Waals surface area contributed by atoms with Crippen LogP contribution in [0.3, 0.4) is 0 Å². The smallest absolute Gasteiger partial charge is 0.162 e. The molecule has 0 bridgehead atoms. The molecule has 1 rings (SSSR count). The largest absolute Gasteiger partial charge is 0.376 e. The van der Waals surface area contributed by atoms with E-state index >= 15 is 0 Å². The van der Waals surface area contributed by atoms with E-state index in [9.17, 15) is 4.79 Å². The molecule has 0 saturated heterocycles. The molecule has 0 saturated carbocycles. The van der Waals surface area contributed by atoms with Crippen LogP contribution in [0.15, 0.2) is 30.3 Å². The Morgan fingerprint density at radius 3 is 2.53 bits per heavy atom. The monoisotopic (exact) mass is 236 g/mol. The number of benzene rings is 1. The van der Waals surface area contributed by atoms with E-state index in [0.29, 0.717) is 19.6 Å². The number of ether oxygens (including phenoxy) is 2. The molecule has 94 valence electrons. The van der Waals surface area contributed by atoms with E-state index in [2.05, 4.69) is 0 Å². The molecule has 3 heteroatoms. The van der Waals surface area contributed by atoms with E-state index < -0.39 is 0 Å². The van der Waals surface area contributed by atoms with Gasteiger partial charge in [-0.25, -0.2) is 0 Å². The Labute approximate surface area is 103 Å². The number of hydrogen-bond donors (Lipinski definition) is 0. The molecule has 0 atom stereocenters. The Morgan fingerprint density at radius 2 is 1.88 bits per heavy atom. The van der Waals surface area contributed by atoms with Crippen LogP contribution < -0.4 is 0 Å². The number of hydrogen-bond acceptors (Lipinski definition) is 3. The topological polar surface area (TPSA) is 35.5 Å². The van der Waals surface area contributed by atoms with Gasteiger partial charge in [-0.05, 0) is 19.4 Å². The highest BCUT2D eigenvalue weighted by molar-refractivity contribution is 5.81. The fraction of sp³-hybridized carbons (Fsp3) is 0.500. The molecule has 0 aliphatic heterocycles. The van der Waals surface area contributed by atoms with Crippen molar-refractivity contribution in [3.05, 3.63) is 35.9 Å². The van der Waals surface area contributed by atoms with Crippen molar-refractivity contribution in [1.82, 2.24) is 0 Å². The second kappa shape index (κ2) is 7.98. The lowest BCUT2D eigenvalue weighted by Crippen LogP contribution is -2.15. The molecule has 3 nitrogen and oxygen atoms in total. The molecule has 1 aromatic rings. The number of carbonyl (C=O) groups is 1. The lowest BCUT2D eigenvalue weighted by atomic mass is 10.1. The Kier molecular flexibility index (Phi) is 6.51. The summed E-state index contributed by atoms with van der Waals surface area (Å²) in [5.41, 5.74) is 1.03. The molecule has 0 amide bonds. The summed E-state index contributed by atoms with van der Waals surface area (Å²) >= 11 is 0. The minimum Gasteiger partial charge on any atom is -0.376 e. The van der Waals surface area contributed by atoms with Crippen LogP contribution in [-0.4, -0.2) is 31.7 Å². The van der Waals surface area contributed by atoms with Gasteiger partial charge in [0.05, 0.1) is 19.3 Å². The summed E-state index contributed by atoms with van der Waals surface area (Å²) in [6.07, 6.45) is 0.643. The Hall–Kier alpha value is -1.19. The van der Waals surface area contributed by atoms with Gasteiger partial charge in [-0.2, -0.15) is 0 Å². The zero-order chi connectivity index (χ0) is 12.5. The van der Waals surface area contributed by atoms with E-state index in [0.717, 1.165) is 5.56 Å². The van der Waals surface area contributed by atoms with Crippen molar-refractivity contribution in [2.75, 3.05) is 19.8 Å². The van der Waals surface area contributed by atoms with Crippen LogP contribution in [0, 0.1) is 0 Å². The van der Waals surface area contributed by atoms with Crippen molar-refractivity contribution in [1.29, 1.82) is 0 Å². The maximum absolute atomic E-state index is 11.5. The number of ketones is 1. The van der Waals surface area contributed by atoms with Gasteiger partial charge < -0.3 is 9.47 Å². The highest BCUT2D eigenvalue weighted by atomic mass is 16.5. The highest BCUT2D eigenvalue weighted by Crippen LogP contribution is 2.00. The molecule has 0 radical (unpaired) electrons. The SMILES string of the molecule is CC(C)OCCOCC(=O)Cc1ccccc1. The van der Waals surface area contributed by atoms with Crippen LogP contribution in [0.25, 0.3) is 0 Å². The first-order valence-corrected chi connectivity index (χ1v) is 5.93. The first-order chi connectivity index (χ1) is 8.18. The zero-order valence-corrected chi connectivity index (χ0v) is 10.5. The van der Waals surface area contributed by atoms with Crippen molar-refractivity contribution in [2.45, 2.75) is 26.4 Å². The molecule has 0 aliphatic carbocycles. The van der Waals surface area contributed by atoms with Gasteiger partial charge >= 0.3 is 0 Å². The van der Waals surface area contributed by atoms with E-state index in [1.54, 1.807) is 0 Å². The van der Waals surface area contributed by atoms with Crippen LogP contribution in [0.1, 0.15) is 19.4 Å². The van der Waals surface area contributed by atoms with Crippen molar-refractivity contribution in [2.24, 2.45) is 0 Å². The maximum atomic E-state index is 11.5. The minimum absolute atomic E-state index is 0.0979. The van der Waals surface area contributed by atoms with Gasteiger partial charge in [0.15, 0.2) is 5.78 Å². The second-order valence-corrected chi connectivity index (χ2v) is 4.17. The number of Topliss-reactive ketones (excluding diaryl/α,β-unsaturated/α-hetero) is 1. The first-order valence-electron chi connectivity index (χ1n) is 5.93. The summed E-state index contributed by atoms with van der Waals surface area (Å²) < 4.78 is 10.5. The zero-order valence-electron chi connectivity index (χ0n) is 10.5. The van der Waals surface area contributed by atoms with Gasteiger partial charge in [0.2, 0.25) is 0 Å². The van der Waals surface area contributed by atoms with Crippen LogP contribution >= 0.6 is 0 Å². The van der Waals surface area contributed by atoms with Gasteiger partial charge in [-0.15, -0.1) is 0 Å². The Bertz CT molecular complexity index is 319. The molecule has 0 spiro atoms. The van der Waals surface area contributed by atoms with Gasteiger partial charge in [-0.1, -0.05) is 30.3 Å². The summed E-state index contributed by atoms with van der Waals surface area (Å²) in [7, 11) is 0. The molecule has 0 heterocycles. The standard InChI is InChI=1S/C14H20O3/c1-12(2)17-9-8-16-11-14(15)10-13-6-4-3-5-7-13/h3-7,12H,8-11H2,1-2H3. The second-order valence-electron chi connectivity index (χ2n) is 4.17. The van der Waals surface area contributed by atoms with Gasteiger partial charge in [0.25, 0.3) is 0 Å². The maximum Gasteiger partial charge on any atom is 0.162 e. The third-order valence-corrected chi connectivity index (χ3v) is 2.19. The molecule has 17 heavy (non-hydrogen) atoms. The van der Waals surface area contributed by atoms with Gasteiger partial charge in [0.1, 0.15) is 6.61 Å². The normalized spacial score (nSPS) is 10.8. The lowest BCUT2D eigenvalue weighted by molar-refractivity contribution is -0.123. The molecular formula is C14H20O3. The third-order valence-electron chi connectivity index (χ3n) is 2.19. The minimum atomic E-state index is 0.0979. The summed E-state index contributed by atoms with van der Waals surface area (Å²) in [4.78, 5) is 11.5. The van der Waals surface area contributed by atoms with Crippen LogP contribution in [-0.2, 0) is 20.7 Å². The molecule has 0 fully saturated rings. The fourth-order valence-corrected chi connectivity index (χ4v) is 1.40. The average molecular weight is 236 g/mol. The van der Waals surface area contributed by atoms with Crippen molar-refractivity contribution in [3.8, 4) is 0 Å². The Morgan fingerprint density at radius 1 is 1.18 bits per heavy atom. The van der Waals surface area contributed by atoms with Crippen LogP contribution in [0.5, 0.6) is 0 Å². The van der Waals surface area contributed by atoms with Gasteiger partial charge in [0, 0.05) is 6.42 Å². The fourth-order valence-electron chi connectivity index (χ4n) is 1.40. The van der Waals surface area contributed by atoms with Crippen molar-refractivity contribution >= 4 is 5.78 Å². The van der Waals surface area contributed by atoms with E-state index in [1.807, 2.05) is 44.2 Å². The highest BCUT2D eigenvalue weighted by Gasteiger charge is 2.03. The molecular weight excluding hydrogens is 216 g/mol. The number of carbonyl (C=O) groups excluding carboxylic acids is 1. The molecule has 0 N–H and O–H groups in total. The van der Waals surface area contributed by atoms with E-state index in [1.165, 1.54) is 0 Å².